The van der Waals surface area contributed by atoms with Crippen LogP contribution in [0.5, 0.6) is 0 Å². The van der Waals surface area contributed by atoms with Crippen LogP contribution < -0.4 is 5.32 Å². The van der Waals surface area contributed by atoms with Crippen LogP contribution in [-0.2, 0) is 11.2 Å². The molecule has 0 aliphatic heterocycles. The van der Waals surface area contributed by atoms with Crippen LogP contribution in [0, 0.1) is 5.92 Å². The average molecular weight is 302 g/mol. The van der Waals surface area contributed by atoms with E-state index in [4.69, 9.17) is 0 Å². The molecule has 0 heterocycles. The van der Waals surface area contributed by atoms with Crippen LogP contribution in [0.2, 0.25) is 0 Å². The van der Waals surface area contributed by atoms with E-state index in [-0.39, 0.29) is 5.91 Å². The van der Waals surface area contributed by atoms with Gasteiger partial charge in [-0.3, -0.25) is 9.69 Å². The highest BCUT2D eigenvalue weighted by atomic mass is 16.2. The standard InChI is InChI=1S/C19H30N2O/c1-21(14-8-13-17-9-4-2-5-10-17)16-19(22)20-15-18-11-6-3-7-12-18/h2,4-5,9-10,18H,3,6-8,11-16H2,1H3,(H,20,22). The smallest absolute Gasteiger partial charge is 0.234 e. The maximum Gasteiger partial charge on any atom is 0.234 e. The first-order chi connectivity index (χ1) is 10.7. The summed E-state index contributed by atoms with van der Waals surface area (Å²) >= 11 is 0. The van der Waals surface area contributed by atoms with Crippen LogP contribution in [0.1, 0.15) is 44.1 Å². The Morgan fingerprint density at radius 1 is 1.18 bits per heavy atom. The summed E-state index contributed by atoms with van der Waals surface area (Å²) in [5.41, 5.74) is 1.37. The molecule has 0 bridgehead atoms. The third-order valence-corrected chi connectivity index (χ3v) is 4.57. The van der Waals surface area contributed by atoms with Gasteiger partial charge in [-0.25, -0.2) is 0 Å². The van der Waals surface area contributed by atoms with E-state index in [1.54, 1.807) is 0 Å². The number of nitrogens with one attached hydrogen (secondary N) is 1. The van der Waals surface area contributed by atoms with Crippen LogP contribution >= 0.6 is 0 Å². The van der Waals surface area contributed by atoms with Crippen LogP contribution in [0.4, 0.5) is 0 Å². The summed E-state index contributed by atoms with van der Waals surface area (Å²) in [4.78, 5) is 14.1. The lowest BCUT2D eigenvalue weighted by Crippen LogP contribution is -2.38. The van der Waals surface area contributed by atoms with Crippen molar-refractivity contribution in [3.05, 3.63) is 35.9 Å². The minimum absolute atomic E-state index is 0.174. The maximum absolute atomic E-state index is 12.0. The molecule has 22 heavy (non-hydrogen) atoms. The van der Waals surface area contributed by atoms with Crippen LogP contribution in [0.3, 0.4) is 0 Å². The average Bonchev–Trinajstić information content (AvgIpc) is 2.55. The number of hydrogen-bond acceptors (Lipinski definition) is 2. The summed E-state index contributed by atoms with van der Waals surface area (Å²) in [5.74, 6) is 0.883. The molecule has 1 aromatic carbocycles. The topological polar surface area (TPSA) is 32.3 Å². The first kappa shape index (κ1) is 17.0. The summed E-state index contributed by atoms with van der Waals surface area (Å²) in [7, 11) is 2.03. The third-order valence-electron chi connectivity index (χ3n) is 4.57. The molecule has 0 saturated heterocycles. The van der Waals surface area contributed by atoms with Crippen molar-refractivity contribution in [2.75, 3.05) is 26.7 Å². The Balaban J connectivity index is 1.55. The molecule has 1 fully saturated rings. The number of aryl methyl sites for hydroxylation is 1. The van der Waals surface area contributed by atoms with E-state index >= 15 is 0 Å². The fraction of sp³-hybridized carbons (Fsp3) is 0.632. The fourth-order valence-electron chi connectivity index (χ4n) is 3.23. The number of likely N-dealkylation sites (N-methyl/N-ethyl adjacent to an activating group) is 1. The third kappa shape index (κ3) is 6.61. The second-order valence-electron chi connectivity index (χ2n) is 6.64. The number of carbonyl (C=O) groups is 1. The quantitative estimate of drug-likeness (QED) is 0.799. The second kappa shape index (κ2) is 9.62. The minimum atomic E-state index is 0.174. The van der Waals surface area contributed by atoms with Gasteiger partial charge in [-0.05, 0) is 50.8 Å². The zero-order valence-electron chi connectivity index (χ0n) is 13.9. The monoisotopic (exact) mass is 302 g/mol. The molecule has 122 valence electrons. The first-order valence-corrected chi connectivity index (χ1v) is 8.73. The summed E-state index contributed by atoms with van der Waals surface area (Å²) in [6.07, 6.45) is 8.78. The van der Waals surface area contributed by atoms with E-state index in [0.29, 0.717) is 12.5 Å². The van der Waals surface area contributed by atoms with Crippen molar-refractivity contribution in [2.24, 2.45) is 5.92 Å². The Kier molecular flexibility index (Phi) is 7.44. The lowest BCUT2D eigenvalue weighted by molar-refractivity contribution is -0.122. The zero-order chi connectivity index (χ0) is 15.6. The van der Waals surface area contributed by atoms with Gasteiger partial charge in [0.1, 0.15) is 0 Å². The highest BCUT2D eigenvalue weighted by molar-refractivity contribution is 5.77. The summed E-state index contributed by atoms with van der Waals surface area (Å²) < 4.78 is 0. The maximum atomic E-state index is 12.0. The molecule has 1 aromatic rings. The number of benzene rings is 1. The highest BCUT2D eigenvalue weighted by Gasteiger charge is 2.14. The normalized spacial score (nSPS) is 15.9. The Morgan fingerprint density at radius 2 is 1.91 bits per heavy atom. The SMILES string of the molecule is CN(CCCc1ccccc1)CC(=O)NCC1CCCCC1. The summed E-state index contributed by atoms with van der Waals surface area (Å²) in [5, 5.41) is 3.11. The molecule has 3 heteroatoms. The Morgan fingerprint density at radius 3 is 2.64 bits per heavy atom. The van der Waals surface area contributed by atoms with Gasteiger partial charge < -0.3 is 5.32 Å². The van der Waals surface area contributed by atoms with Crippen LogP contribution in [-0.4, -0.2) is 37.5 Å². The predicted octanol–water partition coefficient (Wildman–Crippen LogP) is 3.25. The van der Waals surface area contributed by atoms with Crippen LogP contribution in [0.15, 0.2) is 30.3 Å². The highest BCUT2D eigenvalue weighted by Crippen LogP contribution is 2.22. The van der Waals surface area contributed by atoms with Crippen molar-refractivity contribution < 1.29 is 4.79 Å². The fourth-order valence-corrected chi connectivity index (χ4v) is 3.23. The minimum Gasteiger partial charge on any atom is -0.355 e. The Labute approximate surface area is 135 Å². The molecule has 0 radical (unpaired) electrons. The molecule has 0 atom stereocenters. The number of hydrogen-bond donors (Lipinski definition) is 1. The van der Waals surface area contributed by atoms with Gasteiger partial charge in [0, 0.05) is 6.54 Å². The van der Waals surface area contributed by atoms with Crippen molar-refractivity contribution in [1.29, 1.82) is 0 Å². The van der Waals surface area contributed by atoms with Crippen LogP contribution in [0.25, 0.3) is 0 Å². The van der Waals surface area contributed by atoms with E-state index in [1.807, 2.05) is 13.1 Å². The Hall–Kier alpha value is -1.35. The van der Waals surface area contributed by atoms with Gasteiger partial charge in [-0.1, -0.05) is 49.6 Å². The van der Waals surface area contributed by atoms with E-state index in [1.165, 1.54) is 37.7 Å². The summed E-state index contributed by atoms with van der Waals surface area (Å²) in [6, 6.07) is 10.5. The first-order valence-electron chi connectivity index (χ1n) is 8.73. The lowest BCUT2D eigenvalue weighted by atomic mass is 9.89. The molecule has 1 aliphatic rings. The number of amides is 1. The molecule has 1 aliphatic carbocycles. The number of rotatable bonds is 8. The van der Waals surface area contributed by atoms with Gasteiger partial charge in [0.05, 0.1) is 6.54 Å². The largest absolute Gasteiger partial charge is 0.355 e. The van der Waals surface area contributed by atoms with Crippen molar-refractivity contribution in [3.8, 4) is 0 Å². The van der Waals surface area contributed by atoms with Gasteiger partial charge >= 0.3 is 0 Å². The molecule has 2 rings (SSSR count). The predicted molar refractivity (Wildman–Crippen MR) is 91.8 cm³/mol. The van der Waals surface area contributed by atoms with E-state index in [2.05, 4.69) is 34.5 Å². The van der Waals surface area contributed by atoms with E-state index in [0.717, 1.165) is 25.9 Å². The summed E-state index contributed by atoms with van der Waals surface area (Å²) in [6.45, 7) is 2.35. The molecule has 3 nitrogen and oxygen atoms in total. The number of carbonyl (C=O) groups excluding carboxylic acids is 1. The molecule has 0 spiro atoms. The van der Waals surface area contributed by atoms with Crippen molar-refractivity contribution in [1.82, 2.24) is 10.2 Å². The second-order valence-corrected chi connectivity index (χ2v) is 6.64. The Bertz CT molecular complexity index is 426. The molecule has 0 unspecified atom stereocenters. The van der Waals surface area contributed by atoms with Gasteiger partial charge in [0.25, 0.3) is 0 Å². The molecular weight excluding hydrogens is 272 g/mol. The van der Waals surface area contributed by atoms with Crippen molar-refractivity contribution in [2.45, 2.75) is 44.9 Å². The lowest BCUT2D eigenvalue weighted by Gasteiger charge is -2.22. The molecule has 1 saturated carbocycles. The van der Waals surface area contributed by atoms with Gasteiger partial charge in [0.15, 0.2) is 0 Å². The van der Waals surface area contributed by atoms with E-state index < -0.39 is 0 Å². The van der Waals surface area contributed by atoms with Crippen molar-refractivity contribution >= 4 is 5.91 Å². The van der Waals surface area contributed by atoms with Gasteiger partial charge in [-0.15, -0.1) is 0 Å². The van der Waals surface area contributed by atoms with Gasteiger partial charge in [-0.2, -0.15) is 0 Å². The molecular formula is C19H30N2O. The molecule has 0 aromatic heterocycles. The van der Waals surface area contributed by atoms with Gasteiger partial charge in [0.2, 0.25) is 5.91 Å². The molecule has 1 N–H and O–H groups in total. The molecule has 1 amide bonds. The zero-order valence-corrected chi connectivity index (χ0v) is 13.9. The van der Waals surface area contributed by atoms with E-state index in [9.17, 15) is 4.79 Å². The number of nitrogens with zero attached hydrogens (tertiary/aromatic N) is 1. The van der Waals surface area contributed by atoms with Crippen molar-refractivity contribution in [3.63, 3.8) is 0 Å².